The van der Waals surface area contributed by atoms with E-state index in [1.165, 1.54) is 5.56 Å². The number of benzene rings is 2. The molecule has 1 amide bonds. The van der Waals surface area contributed by atoms with Crippen molar-refractivity contribution < 1.29 is 9.53 Å². The lowest BCUT2D eigenvalue weighted by atomic mass is 9.86. The van der Waals surface area contributed by atoms with E-state index in [0.717, 1.165) is 39.8 Å². The Hall–Kier alpha value is -2.31. The molecule has 0 unspecified atom stereocenters. The number of aromatic nitrogens is 1. The van der Waals surface area contributed by atoms with Crippen molar-refractivity contribution in [2.45, 2.75) is 26.2 Å². The molecule has 1 aliphatic rings. The van der Waals surface area contributed by atoms with E-state index in [-0.39, 0.29) is 11.3 Å². The standard InChI is InChI=1S/C23H26ClN3O2S/c1-23(2,3)16-7-5-15(6-8-16)21(28)26-11-13-27(14-12-26)22-25-19-18(29-4)10-9-17(24)20(19)30-22/h5-10H,11-14H2,1-4H3. The summed E-state index contributed by atoms with van der Waals surface area (Å²) in [6.45, 7) is 9.34. The van der Waals surface area contributed by atoms with Crippen LogP contribution in [0.2, 0.25) is 5.02 Å². The molecule has 1 saturated heterocycles. The summed E-state index contributed by atoms with van der Waals surface area (Å²) in [7, 11) is 1.64. The molecule has 0 radical (unpaired) electrons. The summed E-state index contributed by atoms with van der Waals surface area (Å²) in [4.78, 5) is 21.8. The number of piperazine rings is 1. The second-order valence-corrected chi connectivity index (χ2v) is 9.92. The smallest absolute Gasteiger partial charge is 0.253 e. The van der Waals surface area contributed by atoms with E-state index in [0.29, 0.717) is 18.1 Å². The average Bonchev–Trinajstić information content (AvgIpc) is 3.20. The predicted molar refractivity (Wildman–Crippen MR) is 124 cm³/mol. The third-order valence-corrected chi connectivity index (χ3v) is 7.08. The number of amides is 1. The van der Waals surface area contributed by atoms with E-state index >= 15 is 0 Å². The fraction of sp³-hybridized carbons (Fsp3) is 0.391. The van der Waals surface area contributed by atoms with E-state index in [1.54, 1.807) is 18.4 Å². The fourth-order valence-corrected chi connectivity index (χ4v) is 4.95. The molecule has 2 aromatic carbocycles. The van der Waals surface area contributed by atoms with Gasteiger partial charge in [0.1, 0.15) is 11.3 Å². The van der Waals surface area contributed by atoms with Crippen molar-refractivity contribution in [3.05, 3.63) is 52.5 Å². The van der Waals surface area contributed by atoms with E-state index in [4.69, 9.17) is 21.3 Å². The zero-order valence-electron chi connectivity index (χ0n) is 17.7. The van der Waals surface area contributed by atoms with Crippen molar-refractivity contribution in [1.29, 1.82) is 0 Å². The SMILES string of the molecule is COc1ccc(Cl)c2sc(N3CCN(C(=O)c4ccc(C(C)(C)C)cc4)CC3)nc12. The molecular weight excluding hydrogens is 418 g/mol. The van der Waals surface area contributed by atoms with Crippen LogP contribution in [0.4, 0.5) is 5.13 Å². The predicted octanol–water partition coefficient (Wildman–Crippen LogP) is 5.22. The summed E-state index contributed by atoms with van der Waals surface area (Å²) in [5.74, 6) is 0.813. The summed E-state index contributed by atoms with van der Waals surface area (Å²) in [5, 5.41) is 1.60. The van der Waals surface area contributed by atoms with Crippen LogP contribution in [0.5, 0.6) is 5.75 Å². The first-order valence-corrected chi connectivity index (χ1v) is 11.2. The van der Waals surface area contributed by atoms with Crippen molar-refractivity contribution >= 4 is 44.2 Å². The normalized spacial score (nSPS) is 15.0. The topological polar surface area (TPSA) is 45.7 Å². The van der Waals surface area contributed by atoms with Crippen LogP contribution in [-0.2, 0) is 5.41 Å². The van der Waals surface area contributed by atoms with Gasteiger partial charge in [0.05, 0.1) is 16.8 Å². The maximum atomic E-state index is 12.9. The van der Waals surface area contributed by atoms with Gasteiger partial charge in [0.2, 0.25) is 0 Å². The van der Waals surface area contributed by atoms with Crippen LogP contribution in [0.25, 0.3) is 10.2 Å². The number of carbonyl (C=O) groups excluding carboxylic acids is 1. The number of hydrogen-bond acceptors (Lipinski definition) is 5. The summed E-state index contributed by atoms with van der Waals surface area (Å²) in [5.41, 5.74) is 2.85. The Morgan fingerprint density at radius 3 is 2.33 bits per heavy atom. The van der Waals surface area contributed by atoms with Crippen molar-refractivity contribution in [2.75, 3.05) is 38.2 Å². The zero-order chi connectivity index (χ0) is 21.5. The second-order valence-electron chi connectivity index (χ2n) is 8.53. The highest BCUT2D eigenvalue weighted by Crippen LogP contribution is 2.38. The number of methoxy groups -OCH3 is 1. The minimum atomic E-state index is 0.0794. The highest BCUT2D eigenvalue weighted by molar-refractivity contribution is 7.22. The zero-order valence-corrected chi connectivity index (χ0v) is 19.3. The van der Waals surface area contributed by atoms with Gasteiger partial charge in [-0.3, -0.25) is 4.79 Å². The van der Waals surface area contributed by atoms with Gasteiger partial charge in [-0.2, -0.15) is 0 Å². The van der Waals surface area contributed by atoms with E-state index in [9.17, 15) is 4.79 Å². The van der Waals surface area contributed by atoms with Crippen LogP contribution in [0.15, 0.2) is 36.4 Å². The highest BCUT2D eigenvalue weighted by atomic mass is 35.5. The van der Waals surface area contributed by atoms with E-state index < -0.39 is 0 Å². The summed E-state index contributed by atoms with van der Waals surface area (Å²) >= 11 is 7.92. The van der Waals surface area contributed by atoms with Crippen LogP contribution in [-0.4, -0.2) is 49.1 Å². The molecule has 0 N–H and O–H groups in total. The van der Waals surface area contributed by atoms with Crippen LogP contribution in [0.1, 0.15) is 36.7 Å². The number of carbonyl (C=O) groups is 1. The third-order valence-electron chi connectivity index (χ3n) is 5.50. The van der Waals surface area contributed by atoms with Crippen molar-refractivity contribution in [3.8, 4) is 5.75 Å². The summed E-state index contributed by atoms with van der Waals surface area (Å²) < 4.78 is 6.36. The second kappa shape index (κ2) is 8.08. The average molecular weight is 444 g/mol. The fourth-order valence-electron chi connectivity index (χ4n) is 3.64. The molecule has 7 heteroatoms. The summed E-state index contributed by atoms with van der Waals surface area (Å²) in [6.07, 6.45) is 0. The number of halogens is 1. The third kappa shape index (κ3) is 3.98. The van der Waals surface area contributed by atoms with Crippen LogP contribution < -0.4 is 9.64 Å². The first-order valence-electron chi connectivity index (χ1n) is 10.1. The highest BCUT2D eigenvalue weighted by Gasteiger charge is 2.25. The molecule has 0 bridgehead atoms. The monoisotopic (exact) mass is 443 g/mol. The number of rotatable bonds is 3. The van der Waals surface area contributed by atoms with Gasteiger partial charge in [-0.25, -0.2) is 4.98 Å². The lowest BCUT2D eigenvalue weighted by Crippen LogP contribution is -2.48. The van der Waals surface area contributed by atoms with Gasteiger partial charge in [0, 0.05) is 31.7 Å². The molecule has 30 heavy (non-hydrogen) atoms. The number of ether oxygens (including phenoxy) is 1. The largest absolute Gasteiger partial charge is 0.494 e. The Morgan fingerprint density at radius 2 is 1.73 bits per heavy atom. The van der Waals surface area contributed by atoms with Crippen molar-refractivity contribution in [3.63, 3.8) is 0 Å². The molecule has 5 nitrogen and oxygen atoms in total. The molecule has 0 spiro atoms. The molecule has 1 aromatic heterocycles. The minimum Gasteiger partial charge on any atom is -0.494 e. The number of hydrogen-bond donors (Lipinski definition) is 0. The first kappa shape index (κ1) is 20.9. The quantitative estimate of drug-likeness (QED) is 0.556. The van der Waals surface area contributed by atoms with E-state index in [1.807, 2.05) is 29.2 Å². The van der Waals surface area contributed by atoms with Crippen molar-refractivity contribution in [1.82, 2.24) is 9.88 Å². The molecule has 0 atom stereocenters. The van der Waals surface area contributed by atoms with Gasteiger partial charge < -0.3 is 14.5 Å². The molecule has 4 rings (SSSR count). The molecule has 1 fully saturated rings. The van der Waals surface area contributed by atoms with Crippen LogP contribution >= 0.6 is 22.9 Å². The molecule has 0 saturated carbocycles. The maximum Gasteiger partial charge on any atom is 0.253 e. The molecule has 3 aromatic rings. The number of anilines is 1. The first-order chi connectivity index (χ1) is 14.3. The molecule has 0 aliphatic carbocycles. The molecular formula is C23H26ClN3O2S. The molecule has 1 aliphatic heterocycles. The molecule has 158 valence electrons. The Bertz CT molecular complexity index is 1060. The van der Waals surface area contributed by atoms with Gasteiger partial charge in [-0.1, -0.05) is 55.8 Å². The number of nitrogens with zero attached hydrogens (tertiary/aromatic N) is 3. The Balaban J connectivity index is 1.45. The van der Waals surface area contributed by atoms with Crippen molar-refractivity contribution in [2.24, 2.45) is 0 Å². The number of fused-ring (bicyclic) bond motifs is 1. The Labute approximate surface area is 186 Å². The van der Waals surface area contributed by atoms with E-state index in [2.05, 4.69) is 37.8 Å². The molecule has 2 heterocycles. The lowest BCUT2D eigenvalue weighted by molar-refractivity contribution is 0.0746. The number of thiazole rings is 1. The van der Waals surface area contributed by atoms with Crippen LogP contribution in [0, 0.1) is 0 Å². The van der Waals surface area contributed by atoms with Gasteiger partial charge in [0.25, 0.3) is 5.91 Å². The van der Waals surface area contributed by atoms with Gasteiger partial charge in [0.15, 0.2) is 5.13 Å². The van der Waals surface area contributed by atoms with Gasteiger partial charge in [-0.05, 0) is 35.2 Å². The Morgan fingerprint density at radius 1 is 1.07 bits per heavy atom. The lowest BCUT2D eigenvalue weighted by Gasteiger charge is -2.34. The Kier molecular flexibility index (Phi) is 5.64. The minimum absolute atomic E-state index is 0.0794. The summed E-state index contributed by atoms with van der Waals surface area (Å²) in [6, 6.07) is 11.7. The van der Waals surface area contributed by atoms with Gasteiger partial charge >= 0.3 is 0 Å². The van der Waals surface area contributed by atoms with Gasteiger partial charge in [-0.15, -0.1) is 0 Å². The van der Waals surface area contributed by atoms with Crippen LogP contribution in [0.3, 0.4) is 0 Å². The maximum absolute atomic E-state index is 12.9.